The second-order valence-electron chi connectivity index (χ2n) is 5.31. The molecule has 22 heavy (non-hydrogen) atoms. The summed E-state index contributed by atoms with van der Waals surface area (Å²) in [4.78, 5) is 25.2. The summed E-state index contributed by atoms with van der Waals surface area (Å²) in [6.07, 6.45) is 2.41. The second kappa shape index (κ2) is 6.29. The third-order valence-corrected chi connectivity index (χ3v) is 5.02. The van der Waals surface area contributed by atoms with Crippen LogP contribution in [0.5, 0.6) is 0 Å². The van der Waals surface area contributed by atoms with Gasteiger partial charge in [0.1, 0.15) is 5.82 Å². The predicted molar refractivity (Wildman–Crippen MR) is 90.0 cm³/mol. The number of thiophene rings is 1. The van der Waals surface area contributed by atoms with Crippen molar-refractivity contribution < 1.29 is 4.79 Å². The Morgan fingerprint density at radius 2 is 2.05 bits per heavy atom. The molecule has 1 saturated carbocycles. The van der Waals surface area contributed by atoms with Gasteiger partial charge in [-0.05, 0) is 53.7 Å². The van der Waals surface area contributed by atoms with Gasteiger partial charge >= 0.3 is 0 Å². The van der Waals surface area contributed by atoms with Crippen molar-refractivity contribution in [3.05, 3.63) is 26.6 Å². The minimum absolute atomic E-state index is 0.197. The molecule has 8 heteroatoms. The molecule has 2 aromatic heterocycles. The molecule has 2 aromatic rings. The molecule has 0 saturated heterocycles. The lowest BCUT2D eigenvalue weighted by Crippen LogP contribution is -2.17. The van der Waals surface area contributed by atoms with Gasteiger partial charge in [0.15, 0.2) is 0 Å². The number of carbonyl (C=O) groups is 1. The van der Waals surface area contributed by atoms with Crippen molar-refractivity contribution in [2.45, 2.75) is 32.7 Å². The maximum absolute atomic E-state index is 11.2. The van der Waals surface area contributed by atoms with Crippen molar-refractivity contribution in [1.82, 2.24) is 15.0 Å². The van der Waals surface area contributed by atoms with E-state index in [-0.39, 0.29) is 17.9 Å². The SMILES string of the molecule is CC(=O)Nc1nc(C)nc(NC(c2ccc(Br)s2)C2CC2)n1. The lowest BCUT2D eigenvalue weighted by atomic mass is 10.1. The summed E-state index contributed by atoms with van der Waals surface area (Å²) < 4.78 is 1.11. The Hall–Kier alpha value is -1.54. The van der Waals surface area contributed by atoms with Crippen molar-refractivity contribution in [3.63, 3.8) is 0 Å². The summed E-state index contributed by atoms with van der Waals surface area (Å²) in [6, 6.07) is 4.37. The number of halogens is 1. The van der Waals surface area contributed by atoms with Crippen molar-refractivity contribution in [2.24, 2.45) is 5.92 Å². The fraction of sp³-hybridized carbons (Fsp3) is 0.429. The van der Waals surface area contributed by atoms with Crippen molar-refractivity contribution >= 4 is 45.1 Å². The fourth-order valence-corrected chi connectivity index (χ4v) is 3.81. The molecule has 1 fully saturated rings. The van der Waals surface area contributed by atoms with E-state index in [1.54, 1.807) is 18.3 Å². The summed E-state index contributed by atoms with van der Waals surface area (Å²) in [5.74, 6) is 1.76. The molecule has 0 bridgehead atoms. The first-order valence-corrected chi connectivity index (χ1v) is 8.64. The largest absolute Gasteiger partial charge is 0.346 e. The van der Waals surface area contributed by atoms with Gasteiger partial charge in [-0.2, -0.15) is 15.0 Å². The van der Waals surface area contributed by atoms with Crippen molar-refractivity contribution in [3.8, 4) is 0 Å². The number of amides is 1. The molecule has 0 radical (unpaired) electrons. The first kappa shape index (κ1) is 15.4. The molecular formula is C14H16BrN5OS. The average Bonchev–Trinajstić information content (AvgIpc) is 3.16. The van der Waals surface area contributed by atoms with E-state index in [1.165, 1.54) is 24.6 Å². The smallest absolute Gasteiger partial charge is 0.234 e. The third kappa shape index (κ3) is 3.80. The molecule has 6 nitrogen and oxygen atoms in total. The highest BCUT2D eigenvalue weighted by molar-refractivity contribution is 9.11. The van der Waals surface area contributed by atoms with E-state index < -0.39 is 0 Å². The van der Waals surface area contributed by atoms with Gasteiger partial charge in [0.25, 0.3) is 0 Å². The number of hydrogen-bond acceptors (Lipinski definition) is 6. The molecule has 1 atom stereocenters. The lowest BCUT2D eigenvalue weighted by molar-refractivity contribution is -0.114. The van der Waals surface area contributed by atoms with Crippen LogP contribution in [0.4, 0.5) is 11.9 Å². The minimum atomic E-state index is -0.197. The number of aryl methyl sites for hydroxylation is 1. The Morgan fingerprint density at radius 3 is 2.64 bits per heavy atom. The maximum Gasteiger partial charge on any atom is 0.234 e. The van der Waals surface area contributed by atoms with Crippen LogP contribution in [0.1, 0.15) is 36.5 Å². The molecule has 1 aliphatic carbocycles. The van der Waals surface area contributed by atoms with Crippen LogP contribution in [0.3, 0.4) is 0 Å². The second-order valence-corrected chi connectivity index (χ2v) is 7.81. The van der Waals surface area contributed by atoms with Gasteiger partial charge in [0.05, 0.1) is 9.83 Å². The minimum Gasteiger partial charge on any atom is -0.346 e. The summed E-state index contributed by atoms with van der Waals surface area (Å²) in [5.41, 5.74) is 0. The van der Waals surface area contributed by atoms with E-state index in [2.05, 4.69) is 53.6 Å². The molecule has 3 rings (SSSR count). The van der Waals surface area contributed by atoms with Gasteiger partial charge in [-0.3, -0.25) is 10.1 Å². The zero-order chi connectivity index (χ0) is 15.7. The molecule has 2 heterocycles. The Labute approximate surface area is 140 Å². The highest BCUT2D eigenvalue weighted by Crippen LogP contribution is 2.45. The van der Waals surface area contributed by atoms with Crippen LogP contribution in [-0.2, 0) is 4.79 Å². The normalized spacial score (nSPS) is 15.4. The number of anilines is 2. The number of rotatable bonds is 5. The predicted octanol–water partition coefficient (Wildman–Crippen LogP) is 3.53. The highest BCUT2D eigenvalue weighted by atomic mass is 79.9. The number of nitrogens with one attached hydrogen (secondary N) is 2. The van der Waals surface area contributed by atoms with Gasteiger partial charge in [-0.25, -0.2) is 0 Å². The van der Waals surface area contributed by atoms with E-state index in [4.69, 9.17) is 0 Å². The molecule has 1 unspecified atom stereocenters. The molecule has 1 amide bonds. The standard InChI is InChI=1S/C14H16BrN5OS/c1-7-16-13(18-8(2)21)20-14(17-7)19-12(9-3-4-9)10-5-6-11(15)22-10/h5-6,9,12H,3-4H2,1-2H3,(H2,16,17,18,19,20,21). The van der Waals surface area contributed by atoms with Crippen LogP contribution >= 0.6 is 27.3 Å². The van der Waals surface area contributed by atoms with Gasteiger partial charge in [0.2, 0.25) is 17.8 Å². The Kier molecular flexibility index (Phi) is 4.39. The number of hydrogen-bond donors (Lipinski definition) is 2. The van der Waals surface area contributed by atoms with Crippen molar-refractivity contribution in [2.75, 3.05) is 10.6 Å². The summed E-state index contributed by atoms with van der Waals surface area (Å²) in [5, 5.41) is 6.00. The van der Waals surface area contributed by atoms with Crippen LogP contribution in [0.25, 0.3) is 0 Å². The fourth-order valence-electron chi connectivity index (χ4n) is 2.25. The van der Waals surface area contributed by atoms with E-state index in [0.717, 1.165) is 3.79 Å². The molecule has 1 aliphatic rings. The van der Waals surface area contributed by atoms with Gasteiger partial charge < -0.3 is 5.32 Å². The zero-order valence-corrected chi connectivity index (χ0v) is 14.7. The van der Waals surface area contributed by atoms with Crippen LogP contribution in [0.15, 0.2) is 15.9 Å². The maximum atomic E-state index is 11.2. The van der Waals surface area contributed by atoms with Crippen LogP contribution in [-0.4, -0.2) is 20.9 Å². The number of aromatic nitrogens is 3. The van der Waals surface area contributed by atoms with Gasteiger partial charge in [-0.15, -0.1) is 11.3 Å². The van der Waals surface area contributed by atoms with E-state index in [9.17, 15) is 4.79 Å². The van der Waals surface area contributed by atoms with Crippen LogP contribution in [0.2, 0.25) is 0 Å². The average molecular weight is 382 g/mol. The highest BCUT2D eigenvalue weighted by Gasteiger charge is 2.34. The zero-order valence-electron chi connectivity index (χ0n) is 12.3. The van der Waals surface area contributed by atoms with Crippen molar-refractivity contribution in [1.29, 1.82) is 0 Å². The molecule has 0 aliphatic heterocycles. The number of nitrogens with zero attached hydrogens (tertiary/aromatic N) is 3. The number of carbonyl (C=O) groups excluding carboxylic acids is 1. The molecule has 116 valence electrons. The first-order chi connectivity index (χ1) is 10.5. The Morgan fingerprint density at radius 1 is 1.32 bits per heavy atom. The first-order valence-electron chi connectivity index (χ1n) is 7.03. The van der Waals surface area contributed by atoms with Crippen LogP contribution < -0.4 is 10.6 Å². The monoisotopic (exact) mass is 381 g/mol. The third-order valence-electron chi connectivity index (χ3n) is 3.31. The molecule has 0 spiro atoms. The topological polar surface area (TPSA) is 79.8 Å². The Bertz CT molecular complexity index is 700. The molecule has 0 aromatic carbocycles. The van der Waals surface area contributed by atoms with Gasteiger partial charge in [-0.1, -0.05) is 0 Å². The van der Waals surface area contributed by atoms with E-state index >= 15 is 0 Å². The van der Waals surface area contributed by atoms with Crippen LogP contribution in [0, 0.1) is 12.8 Å². The molecule has 2 N–H and O–H groups in total. The lowest BCUT2D eigenvalue weighted by Gasteiger charge is -2.17. The summed E-state index contributed by atoms with van der Waals surface area (Å²) in [6.45, 7) is 3.22. The summed E-state index contributed by atoms with van der Waals surface area (Å²) >= 11 is 5.22. The van der Waals surface area contributed by atoms with E-state index in [0.29, 0.717) is 17.7 Å². The quantitative estimate of drug-likeness (QED) is 0.827. The van der Waals surface area contributed by atoms with Gasteiger partial charge in [0, 0.05) is 11.8 Å². The van der Waals surface area contributed by atoms with E-state index in [1.807, 2.05) is 0 Å². The molecular weight excluding hydrogens is 366 g/mol. The Balaban J connectivity index is 1.83. The summed E-state index contributed by atoms with van der Waals surface area (Å²) in [7, 11) is 0.